The van der Waals surface area contributed by atoms with E-state index in [4.69, 9.17) is 5.73 Å². The highest BCUT2D eigenvalue weighted by Crippen LogP contribution is 2.19. The van der Waals surface area contributed by atoms with Crippen molar-refractivity contribution in [2.24, 2.45) is 0 Å². The van der Waals surface area contributed by atoms with Gasteiger partial charge in [0, 0.05) is 17.6 Å². The van der Waals surface area contributed by atoms with E-state index in [0.29, 0.717) is 6.54 Å². The normalized spacial score (nSPS) is 10.5. The molecule has 19 heavy (non-hydrogen) atoms. The first kappa shape index (κ1) is 11.5. The highest BCUT2D eigenvalue weighted by molar-refractivity contribution is 5.88. The van der Waals surface area contributed by atoms with Crippen LogP contribution in [0.4, 0.5) is 11.5 Å². The molecule has 4 heteroatoms. The maximum absolute atomic E-state index is 5.67. The van der Waals surface area contributed by atoms with E-state index in [1.165, 1.54) is 0 Å². The number of hydrogen-bond donors (Lipinski definition) is 2. The highest BCUT2D eigenvalue weighted by Gasteiger charge is 2.02. The highest BCUT2D eigenvalue weighted by atomic mass is 15.0. The number of hydrogen-bond acceptors (Lipinski definition) is 4. The lowest BCUT2D eigenvalue weighted by Crippen LogP contribution is -2.02. The summed E-state index contributed by atoms with van der Waals surface area (Å²) in [6.45, 7) is 0.710. The fourth-order valence-electron chi connectivity index (χ4n) is 1.97. The molecule has 0 atom stereocenters. The van der Waals surface area contributed by atoms with Crippen molar-refractivity contribution in [2.45, 2.75) is 6.54 Å². The third-order valence-electron chi connectivity index (χ3n) is 2.98. The largest absolute Gasteiger partial charge is 0.399 e. The molecule has 1 heterocycles. The monoisotopic (exact) mass is 250 g/mol. The predicted molar refractivity (Wildman–Crippen MR) is 77.7 cm³/mol. The van der Waals surface area contributed by atoms with Crippen LogP contribution < -0.4 is 11.1 Å². The van der Waals surface area contributed by atoms with Gasteiger partial charge < -0.3 is 11.1 Å². The van der Waals surface area contributed by atoms with Gasteiger partial charge in [0.05, 0.1) is 5.52 Å². The maximum atomic E-state index is 5.67. The summed E-state index contributed by atoms with van der Waals surface area (Å²) in [5, 5.41) is 4.36. The fourth-order valence-corrected chi connectivity index (χ4v) is 1.97. The molecule has 0 radical (unpaired) electrons. The smallest absolute Gasteiger partial charge is 0.137 e. The van der Waals surface area contributed by atoms with Gasteiger partial charge in [0.15, 0.2) is 0 Å². The number of nitrogens with one attached hydrogen (secondary N) is 1. The third-order valence-corrected chi connectivity index (χ3v) is 2.98. The zero-order valence-corrected chi connectivity index (χ0v) is 10.4. The molecule has 0 fully saturated rings. The Labute approximate surface area is 111 Å². The van der Waals surface area contributed by atoms with E-state index in [9.17, 15) is 0 Å². The summed E-state index contributed by atoms with van der Waals surface area (Å²) in [4.78, 5) is 8.53. The van der Waals surface area contributed by atoms with Crippen molar-refractivity contribution in [1.29, 1.82) is 0 Å². The van der Waals surface area contributed by atoms with Crippen molar-refractivity contribution < 1.29 is 0 Å². The van der Waals surface area contributed by atoms with E-state index < -0.39 is 0 Å². The summed E-state index contributed by atoms with van der Waals surface area (Å²) < 4.78 is 0. The van der Waals surface area contributed by atoms with Crippen LogP contribution in [0.15, 0.2) is 54.9 Å². The minimum atomic E-state index is 0.710. The molecule has 0 unspecified atom stereocenters. The fraction of sp³-hybridized carbons (Fsp3) is 0.0667. The Hall–Kier alpha value is -2.62. The number of para-hydroxylation sites is 1. The van der Waals surface area contributed by atoms with E-state index in [1.54, 1.807) is 6.33 Å². The number of aromatic nitrogens is 2. The van der Waals surface area contributed by atoms with Crippen molar-refractivity contribution in [2.75, 3.05) is 11.1 Å². The van der Waals surface area contributed by atoms with Gasteiger partial charge in [0.25, 0.3) is 0 Å². The van der Waals surface area contributed by atoms with Crippen molar-refractivity contribution in [3.63, 3.8) is 0 Å². The predicted octanol–water partition coefficient (Wildman–Crippen LogP) is 2.82. The molecule has 0 aliphatic carbocycles. The average molecular weight is 250 g/mol. The van der Waals surface area contributed by atoms with E-state index in [2.05, 4.69) is 15.3 Å². The van der Waals surface area contributed by atoms with Crippen molar-refractivity contribution in [1.82, 2.24) is 9.97 Å². The number of benzene rings is 2. The number of rotatable bonds is 3. The number of nitrogens with two attached hydrogens (primary N) is 1. The second kappa shape index (κ2) is 4.94. The quantitative estimate of drug-likeness (QED) is 0.702. The number of nitrogen functional groups attached to an aromatic ring is 1. The summed E-state index contributed by atoms with van der Waals surface area (Å²) in [6, 6.07) is 15.8. The summed E-state index contributed by atoms with van der Waals surface area (Å²) in [5.41, 5.74) is 8.55. The minimum absolute atomic E-state index is 0.710. The molecule has 0 saturated heterocycles. The molecule has 0 amide bonds. The van der Waals surface area contributed by atoms with Crippen molar-refractivity contribution in [3.8, 4) is 0 Å². The van der Waals surface area contributed by atoms with Crippen molar-refractivity contribution in [3.05, 3.63) is 60.4 Å². The molecule has 0 spiro atoms. The van der Waals surface area contributed by atoms with Gasteiger partial charge in [-0.1, -0.05) is 24.3 Å². The molecule has 0 aliphatic heterocycles. The van der Waals surface area contributed by atoms with Crippen LogP contribution in [0.5, 0.6) is 0 Å². The van der Waals surface area contributed by atoms with Crippen LogP contribution in [0.2, 0.25) is 0 Å². The topological polar surface area (TPSA) is 63.8 Å². The van der Waals surface area contributed by atoms with Gasteiger partial charge in [-0.3, -0.25) is 0 Å². The molecule has 1 aromatic heterocycles. The maximum Gasteiger partial charge on any atom is 0.137 e. The molecule has 3 rings (SSSR count). The molecule has 0 aliphatic rings. The van der Waals surface area contributed by atoms with Crippen LogP contribution in [0.3, 0.4) is 0 Å². The SMILES string of the molecule is Nc1ccc(CNc2ncnc3ccccc23)cc1. The second-order valence-corrected chi connectivity index (χ2v) is 4.33. The minimum Gasteiger partial charge on any atom is -0.399 e. The van der Waals surface area contributed by atoms with Crippen molar-refractivity contribution >= 4 is 22.4 Å². The average Bonchev–Trinajstić information content (AvgIpc) is 2.47. The van der Waals surface area contributed by atoms with Crippen LogP contribution in [0.25, 0.3) is 10.9 Å². The Kier molecular flexibility index (Phi) is 2.98. The number of anilines is 2. The van der Waals surface area contributed by atoms with Gasteiger partial charge in [0.2, 0.25) is 0 Å². The number of nitrogens with zero attached hydrogens (tertiary/aromatic N) is 2. The van der Waals surface area contributed by atoms with Crippen LogP contribution in [-0.4, -0.2) is 9.97 Å². The Morgan fingerprint density at radius 3 is 2.58 bits per heavy atom. The van der Waals surface area contributed by atoms with Crippen LogP contribution in [0, 0.1) is 0 Å². The van der Waals surface area contributed by atoms with E-state index in [0.717, 1.165) is 28.0 Å². The van der Waals surface area contributed by atoms with Crippen LogP contribution in [0.1, 0.15) is 5.56 Å². The first-order valence-electron chi connectivity index (χ1n) is 6.11. The standard InChI is InChI=1S/C15H14N4/c16-12-7-5-11(6-8-12)9-17-15-13-3-1-2-4-14(13)18-10-19-15/h1-8,10H,9,16H2,(H,17,18,19). The molecule has 0 bridgehead atoms. The van der Waals surface area contributed by atoms with Gasteiger partial charge in [-0.05, 0) is 29.8 Å². The summed E-state index contributed by atoms with van der Waals surface area (Å²) in [6.07, 6.45) is 1.58. The lowest BCUT2D eigenvalue weighted by molar-refractivity contribution is 1.10. The Balaban J connectivity index is 1.84. The van der Waals surface area contributed by atoms with Gasteiger partial charge in [-0.2, -0.15) is 0 Å². The van der Waals surface area contributed by atoms with E-state index in [1.807, 2.05) is 48.5 Å². The first-order valence-corrected chi connectivity index (χ1v) is 6.11. The Bertz CT molecular complexity index is 687. The lowest BCUT2D eigenvalue weighted by atomic mass is 10.2. The zero-order chi connectivity index (χ0) is 13.1. The second-order valence-electron chi connectivity index (χ2n) is 4.33. The molecule has 3 N–H and O–H groups in total. The summed E-state index contributed by atoms with van der Waals surface area (Å²) >= 11 is 0. The van der Waals surface area contributed by atoms with Gasteiger partial charge in [0.1, 0.15) is 12.1 Å². The lowest BCUT2D eigenvalue weighted by Gasteiger charge is -2.08. The van der Waals surface area contributed by atoms with Crippen LogP contribution in [-0.2, 0) is 6.54 Å². The van der Waals surface area contributed by atoms with Gasteiger partial charge in [-0.15, -0.1) is 0 Å². The Morgan fingerprint density at radius 1 is 0.947 bits per heavy atom. The summed E-state index contributed by atoms with van der Waals surface area (Å²) in [5.74, 6) is 0.849. The van der Waals surface area contributed by atoms with Crippen LogP contribution >= 0.6 is 0 Å². The van der Waals surface area contributed by atoms with Gasteiger partial charge in [-0.25, -0.2) is 9.97 Å². The first-order chi connectivity index (χ1) is 9.33. The summed E-state index contributed by atoms with van der Waals surface area (Å²) in [7, 11) is 0. The van der Waals surface area contributed by atoms with E-state index >= 15 is 0 Å². The molecule has 4 nitrogen and oxygen atoms in total. The molecular formula is C15H14N4. The molecule has 0 saturated carbocycles. The molecule has 2 aromatic carbocycles. The third kappa shape index (κ3) is 2.47. The zero-order valence-electron chi connectivity index (χ0n) is 10.4. The molecule has 94 valence electrons. The van der Waals surface area contributed by atoms with E-state index in [-0.39, 0.29) is 0 Å². The number of fused-ring (bicyclic) bond motifs is 1. The van der Waals surface area contributed by atoms with Gasteiger partial charge >= 0.3 is 0 Å². The Morgan fingerprint density at radius 2 is 1.74 bits per heavy atom. The molecular weight excluding hydrogens is 236 g/mol. The molecule has 3 aromatic rings.